The molecule has 1 unspecified atom stereocenters. The number of hydrogen-bond acceptors (Lipinski definition) is 4. The van der Waals surface area contributed by atoms with Crippen LogP contribution in [0.4, 0.5) is 0 Å². The lowest BCUT2D eigenvalue weighted by Gasteiger charge is -2.11. The van der Waals surface area contributed by atoms with Gasteiger partial charge in [-0.15, -0.1) is 0 Å². The zero-order valence-electron chi connectivity index (χ0n) is 10.0. The summed E-state index contributed by atoms with van der Waals surface area (Å²) in [5, 5.41) is 7.59. The first-order valence-electron chi connectivity index (χ1n) is 6.17. The fraction of sp³-hybridized carbons (Fsp3) is 0.667. The quantitative estimate of drug-likeness (QED) is 0.818. The molecule has 0 spiro atoms. The molecule has 5 nitrogen and oxygen atoms in total. The molecule has 0 bridgehead atoms. The van der Waals surface area contributed by atoms with E-state index < -0.39 is 0 Å². The molecule has 1 saturated heterocycles. The maximum Gasteiger partial charge on any atom is 0.180 e. The van der Waals surface area contributed by atoms with Gasteiger partial charge in [-0.25, -0.2) is 0 Å². The summed E-state index contributed by atoms with van der Waals surface area (Å²) in [6.07, 6.45) is 2.49. The zero-order chi connectivity index (χ0) is 11.8. The van der Waals surface area contributed by atoms with Crippen LogP contribution < -0.4 is 5.32 Å². The van der Waals surface area contributed by atoms with Gasteiger partial charge in [-0.2, -0.15) is 5.10 Å². The van der Waals surface area contributed by atoms with E-state index in [0.717, 1.165) is 42.9 Å². The van der Waals surface area contributed by atoms with Crippen molar-refractivity contribution in [2.75, 3.05) is 13.2 Å². The van der Waals surface area contributed by atoms with Crippen LogP contribution in [0.25, 0.3) is 0 Å². The number of ketones is 1. The third-order valence-electron chi connectivity index (χ3n) is 3.54. The molecule has 17 heavy (non-hydrogen) atoms. The van der Waals surface area contributed by atoms with Crippen LogP contribution in [0.2, 0.25) is 0 Å². The van der Waals surface area contributed by atoms with Crippen LogP contribution in [0.5, 0.6) is 0 Å². The number of fused-ring (bicyclic) bond motifs is 1. The SMILES string of the molecule is Cc1c2c(nn1CC1CCCO1)CNCC2=O. The van der Waals surface area contributed by atoms with Gasteiger partial charge in [0, 0.05) is 18.8 Å². The molecule has 0 aromatic carbocycles. The first-order chi connectivity index (χ1) is 8.25. The summed E-state index contributed by atoms with van der Waals surface area (Å²) in [5.41, 5.74) is 2.69. The standard InChI is InChI=1S/C12H17N3O2/c1-8-12-10(5-13-6-11(12)16)14-15(8)7-9-3-2-4-17-9/h9,13H,2-7H2,1H3. The lowest BCUT2D eigenvalue weighted by Crippen LogP contribution is -2.29. The van der Waals surface area contributed by atoms with Crippen LogP contribution in [-0.4, -0.2) is 34.8 Å². The second-order valence-electron chi connectivity index (χ2n) is 4.75. The van der Waals surface area contributed by atoms with Crippen LogP contribution in [0.15, 0.2) is 0 Å². The van der Waals surface area contributed by atoms with Gasteiger partial charge >= 0.3 is 0 Å². The predicted octanol–water partition coefficient (Wildman–Crippen LogP) is 0.656. The summed E-state index contributed by atoms with van der Waals surface area (Å²) >= 11 is 0. The Hall–Kier alpha value is -1.20. The molecule has 5 heteroatoms. The van der Waals surface area contributed by atoms with Crippen molar-refractivity contribution in [1.29, 1.82) is 0 Å². The first kappa shape index (κ1) is 10.9. The molecule has 0 aliphatic carbocycles. The van der Waals surface area contributed by atoms with Crippen molar-refractivity contribution < 1.29 is 9.53 Å². The molecule has 1 N–H and O–H groups in total. The monoisotopic (exact) mass is 235 g/mol. The second kappa shape index (κ2) is 4.23. The number of ether oxygens (including phenoxy) is 1. The highest BCUT2D eigenvalue weighted by Gasteiger charge is 2.26. The summed E-state index contributed by atoms with van der Waals surface area (Å²) in [4.78, 5) is 11.8. The molecule has 3 rings (SSSR count). The van der Waals surface area contributed by atoms with E-state index >= 15 is 0 Å². The summed E-state index contributed by atoms with van der Waals surface area (Å²) in [7, 11) is 0. The van der Waals surface area contributed by atoms with Crippen molar-refractivity contribution in [1.82, 2.24) is 15.1 Å². The van der Waals surface area contributed by atoms with Gasteiger partial charge in [0.05, 0.1) is 30.5 Å². The van der Waals surface area contributed by atoms with E-state index in [1.807, 2.05) is 11.6 Å². The second-order valence-corrected chi connectivity index (χ2v) is 4.75. The summed E-state index contributed by atoms with van der Waals surface area (Å²) in [5.74, 6) is 0.155. The van der Waals surface area contributed by atoms with E-state index in [1.54, 1.807) is 0 Å². The van der Waals surface area contributed by atoms with E-state index in [4.69, 9.17) is 4.74 Å². The van der Waals surface area contributed by atoms with Gasteiger partial charge in [-0.3, -0.25) is 9.48 Å². The maximum absolute atomic E-state index is 11.8. The van der Waals surface area contributed by atoms with Crippen molar-refractivity contribution in [2.24, 2.45) is 0 Å². The Kier molecular flexibility index (Phi) is 2.72. The molecule has 92 valence electrons. The third kappa shape index (κ3) is 1.89. The van der Waals surface area contributed by atoms with Gasteiger partial charge in [0.15, 0.2) is 5.78 Å². The Morgan fingerprint density at radius 2 is 2.41 bits per heavy atom. The van der Waals surface area contributed by atoms with Gasteiger partial charge in [0.25, 0.3) is 0 Å². The van der Waals surface area contributed by atoms with E-state index in [1.165, 1.54) is 0 Å². The van der Waals surface area contributed by atoms with Gasteiger partial charge in [-0.05, 0) is 19.8 Å². The van der Waals surface area contributed by atoms with Crippen LogP contribution in [0.1, 0.15) is 34.6 Å². The smallest absolute Gasteiger partial charge is 0.180 e. The molecule has 1 aromatic rings. The van der Waals surface area contributed by atoms with Crippen molar-refractivity contribution in [3.63, 3.8) is 0 Å². The Bertz CT molecular complexity index is 447. The Balaban J connectivity index is 1.87. The molecule has 1 fully saturated rings. The van der Waals surface area contributed by atoms with Crippen LogP contribution in [0.3, 0.4) is 0 Å². The summed E-state index contributed by atoms with van der Waals surface area (Å²) in [6, 6.07) is 0. The number of aromatic nitrogens is 2. The van der Waals surface area contributed by atoms with E-state index in [9.17, 15) is 4.79 Å². The van der Waals surface area contributed by atoms with E-state index in [2.05, 4.69) is 10.4 Å². The number of Topliss-reactive ketones (excluding diaryl/α,β-unsaturated/α-hetero) is 1. The average molecular weight is 235 g/mol. The molecule has 2 aliphatic rings. The van der Waals surface area contributed by atoms with Crippen LogP contribution in [0, 0.1) is 6.92 Å². The van der Waals surface area contributed by atoms with Gasteiger partial charge < -0.3 is 10.1 Å². The maximum atomic E-state index is 11.8. The highest BCUT2D eigenvalue weighted by molar-refractivity contribution is 6.00. The lowest BCUT2D eigenvalue weighted by molar-refractivity contribution is 0.0931. The number of nitrogens with one attached hydrogen (secondary N) is 1. The number of nitrogens with zero attached hydrogens (tertiary/aromatic N) is 2. The van der Waals surface area contributed by atoms with Gasteiger partial charge in [0.1, 0.15) is 0 Å². The van der Waals surface area contributed by atoms with Crippen molar-refractivity contribution in [2.45, 2.75) is 39.0 Å². The van der Waals surface area contributed by atoms with Crippen molar-refractivity contribution >= 4 is 5.78 Å². The Labute approximate surface area is 100 Å². The third-order valence-corrected chi connectivity index (χ3v) is 3.54. The number of rotatable bonds is 2. The molecular formula is C12H17N3O2. The minimum absolute atomic E-state index is 0.155. The molecule has 0 amide bonds. The average Bonchev–Trinajstić information content (AvgIpc) is 2.90. The molecular weight excluding hydrogens is 218 g/mol. The van der Waals surface area contributed by atoms with E-state index in [0.29, 0.717) is 13.1 Å². The van der Waals surface area contributed by atoms with Crippen LogP contribution >= 0.6 is 0 Å². The molecule has 2 aliphatic heterocycles. The van der Waals surface area contributed by atoms with Gasteiger partial charge in [-0.1, -0.05) is 0 Å². The highest BCUT2D eigenvalue weighted by Crippen LogP contribution is 2.20. The topological polar surface area (TPSA) is 56.1 Å². The molecule has 1 aromatic heterocycles. The fourth-order valence-corrected chi connectivity index (χ4v) is 2.64. The Morgan fingerprint density at radius 3 is 3.12 bits per heavy atom. The normalized spacial score (nSPS) is 24.1. The first-order valence-corrected chi connectivity index (χ1v) is 6.17. The molecule has 0 saturated carbocycles. The largest absolute Gasteiger partial charge is 0.376 e. The van der Waals surface area contributed by atoms with Crippen molar-refractivity contribution in [3.05, 3.63) is 17.0 Å². The summed E-state index contributed by atoms with van der Waals surface area (Å²) in [6.45, 7) is 4.72. The summed E-state index contributed by atoms with van der Waals surface area (Å²) < 4.78 is 7.55. The Morgan fingerprint density at radius 1 is 1.53 bits per heavy atom. The predicted molar refractivity (Wildman–Crippen MR) is 62.0 cm³/mol. The zero-order valence-corrected chi connectivity index (χ0v) is 10.0. The van der Waals surface area contributed by atoms with Crippen molar-refractivity contribution in [3.8, 4) is 0 Å². The molecule has 0 radical (unpaired) electrons. The van der Waals surface area contributed by atoms with Crippen LogP contribution in [-0.2, 0) is 17.8 Å². The number of hydrogen-bond donors (Lipinski definition) is 1. The molecule has 3 heterocycles. The minimum atomic E-state index is 0.155. The minimum Gasteiger partial charge on any atom is -0.376 e. The lowest BCUT2D eigenvalue weighted by atomic mass is 10.1. The molecule has 1 atom stereocenters. The van der Waals surface area contributed by atoms with E-state index in [-0.39, 0.29) is 11.9 Å². The fourth-order valence-electron chi connectivity index (χ4n) is 2.64. The number of carbonyl (C=O) groups excluding carboxylic acids is 1. The number of carbonyl (C=O) groups is 1. The van der Waals surface area contributed by atoms with Gasteiger partial charge in [0.2, 0.25) is 0 Å². The highest BCUT2D eigenvalue weighted by atomic mass is 16.5.